The van der Waals surface area contributed by atoms with Crippen LogP contribution in [0.1, 0.15) is 36.0 Å². The molecule has 2 aromatic carbocycles. The van der Waals surface area contributed by atoms with Crippen LogP contribution in [0.15, 0.2) is 59.5 Å². The fraction of sp³-hybridized carbons (Fsp3) is 0.364. The lowest BCUT2D eigenvalue weighted by molar-refractivity contribution is 0.0712. The van der Waals surface area contributed by atoms with Crippen LogP contribution in [0.4, 0.5) is 10.5 Å². The standard InChI is InChI=1S/C22H27N3O5S/c1-25(2)31(28,29)20-13-11-16(12-14-20)21(26)23-18-9-6-10-19(15-18)30-22(27)24-17-7-4-3-5-8-17/h3-5,7-8,11-14,18-19H,6,9-10,15H2,1-2H3,(H,23,26)(H,24,27)/t18-,19-/m0/s1. The van der Waals surface area contributed by atoms with E-state index in [0.29, 0.717) is 17.7 Å². The summed E-state index contributed by atoms with van der Waals surface area (Å²) in [7, 11) is -0.629. The Bertz CT molecular complexity index is 1010. The highest BCUT2D eigenvalue weighted by Gasteiger charge is 2.26. The average Bonchev–Trinajstić information content (AvgIpc) is 2.74. The maximum atomic E-state index is 12.6. The molecule has 1 aliphatic rings. The monoisotopic (exact) mass is 445 g/mol. The van der Waals surface area contributed by atoms with E-state index in [-0.39, 0.29) is 22.9 Å². The first-order valence-electron chi connectivity index (χ1n) is 10.1. The van der Waals surface area contributed by atoms with E-state index in [0.717, 1.165) is 23.6 Å². The molecule has 2 N–H and O–H groups in total. The van der Waals surface area contributed by atoms with Crippen molar-refractivity contribution < 1.29 is 22.7 Å². The maximum absolute atomic E-state index is 12.6. The molecule has 1 saturated carbocycles. The van der Waals surface area contributed by atoms with Gasteiger partial charge in [-0.15, -0.1) is 0 Å². The van der Waals surface area contributed by atoms with Crippen LogP contribution in [0.25, 0.3) is 0 Å². The van der Waals surface area contributed by atoms with Crippen molar-refractivity contribution >= 4 is 27.7 Å². The summed E-state index contributed by atoms with van der Waals surface area (Å²) in [4.78, 5) is 24.8. The molecule has 9 heteroatoms. The van der Waals surface area contributed by atoms with Crippen molar-refractivity contribution in [3.63, 3.8) is 0 Å². The van der Waals surface area contributed by atoms with E-state index >= 15 is 0 Å². The van der Waals surface area contributed by atoms with E-state index in [1.165, 1.54) is 38.4 Å². The molecule has 0 aromatic heterocycles. The second kappa shape index (κ2) is 9.93. The van der Waals surface area contributed by atoms with Crippen LogP contribution in [0.2, 0.25) is 0 Å². The quantitative estimate of drug-likeness (QED) is 0.710. The zero-order chi connectivity index (χ0) is 22.4. The molecular formula is C22H27N3O5S. The molecule has 31 heavy (non-hydrogen) atoms. The van der Waals surface area contributed by atoms with Crippen LogP contribution in [0.3, 0.4) is 0 Å². The van der Waals surface area contributed by atoms with Gasteiger partial charge < -0.3 is 10.1 Å². The molecule has 3 rings (SSSR count). The predicted molar refractivity (Wildman–Crippen MR) is 117 cm³/mol. The molecule has 0 aliphatic heterocycles. The smallest absolute Gasteiger partial charge is 0.411 e. The van der Waals surface area contributed by atoms with Gasteiger partial charge in [-0.3, -0.25) is 10.1 Å². The first-order valence-corrected chi connectivity index (χ1v) is 11.6. The van der Waals surface area contributed by atoms with E-state index in [1.807, 2.05) is 18.2 Å². The third-order valence-electron chi connectivity index (χ3n) is 5.15. The van der Waals surface area contributed by atoms with Gasteiger partial charge in [0.15, 0.2) is 0 Å². The molecule has 2 atom stereocenters. The number of para-hydroxylation sites is 1. The number of nitrogens with one attached hydrogen (secondary N) is 2. The van der Waals surface area contributed by atoms with Crippen molar-refractivity contribution in [1.29, 1.82) is 0 Å². The van der Waals surface area contributed by atoms with Crippen molar-refractivity contribution in [2.24, 2.45) is 0 Å². The number of rotatable bonds is 6. The molecule has 2 amide bonds. The summed E-state index contributed by atoms with van der Waals surface area (Å²) in [6, 6.07) is 14.8. The summed E-state index contributed by atoms with van der Waals surface area (Å²) in [5.41, 5.74) is 1.04. The Morgan fingerprint density at radius 2 is 1.68 bits per heavy atom. The van der Waals surface area contributed by atoms with Gasteiger partial charge in [0.2, 0.25) is 10.0 Å². The average molecular weight is 446 g/mol. The lowest BCUT2D eigenvalue weighted by Crippen LogP contribution is -2.41. The summed E-state index contributed by atoms with van der Waals surface area (Å²) in [6.45, 7) is 0. The maximum Gasteiger partial charge on any atom is 0.411 e. The number of benzene rings is 2. The SMILES string of the molecule is CN(C)S(=O)(=O)c1ccc(C(=O)N[C@H]2CCC[C@H](OC(=O)Nc3ccccc3)C2)cc1. The fourth-order valence-electron chi connectivity index (χ4n) is 3.46. The highest BCUT2D eigenvalue weighted by atomic mass is 32.2. The molecule has 0 heterocycles. The van der Waals surface area contributed by atoms with E-state index in [2.05, 4.69) is 10.6 Å². The Morgan fingerprint density at radius 3 is 2.32 bits per heavy atom. The molecule has 0 bridgehead atoms. The van der Waals surface area contributed by atoms with Gasteiger partial charge in [0.1, 0.15) is 6.10 Å². The highest BCUT2D eigenvalue weighted by Crippen LogP contribution is 2.22. The zero-order valence-electron chi connectivity index (χ0n) is 17.6. The summed E-state index contributed by atoms with van der Waals surface area (Å²) >= 11 is 0. The number of nitrogens with zero attached hydrogens (tertiary/aromatic N) is 1. The largest absolute Gasteiger partial charge is 0.446 e. The summed E-state index contributed by atoms with van der Waals surface area (Å²) in [6.07, 6.45) is 2.09. The predicted octanol–water partition coefficient (Wildman–Crippen LogP) is 3.23. The van der Waals surface area contributed by atoms with Gasteiger partial charge in [0.05, 0.1) is 4.90 Å². The summed E-state index contributed by atoms with van der Waals surface area (Å²) in [5, 5.41) is 5.65. The third kappa shape index (κ3) is 6.05. The van der Waals surface area contributed by atoms with Gasteiger partial charge in [0, 0.05) is 37.8 Å². The summed E-state index contributed by atoms with van der Waals surface area (Å²) in [5.74, 6) is -0.284. The van der Waals surface area contributed by atoms with E-state index < -0.39 is 16.1 Å². The second-order valence-electron chi connectivity index (χ2n) is 7.67. The van der Waals surface area contributed by atoms with Crippen molar-refractivity contribution in [2.45, 2.75) is 42.7 Å². The molecule has 0 unspecified atom stereocenters. The van der Waals surface area contributed by atoms with Crippen LogP contribution >= 0.6 is 0 Å². The van der Waals surface area contributed by atoms with Gasteiger partial charge in [-0.25, -0.2) is 17.5 Å². The van der Waals surface area contributed by atoms with Crippen LogP contribution < -0.4 is 10.6 Å². The number of hydrogen-bond donors (Lipinski definition) is 2. The second-order valence-corrected chi connectivity index (χ2v) is 9.82. The lowest BCUT2D eigenvalue weighted by atomic mass is 9.92. The Morgan fingerprint density at radius 1 is 1.00 bits per heavy atom. The van der Waals surface area contributed by atoms with Crippen molar-refractivity contribution in [2.75, 3.05) is 19.4 Å². The molecule has 1 aliphatic carbocycles. The number of ether oxygens (including phenoxy) is 1. The molecule has 0 spiro atoms. The molecule has 166 valence electrons. The fourth-order valence-corrected chi connectivity index (χ4v) is 4.36. The number of anilines is 1. The van der Waals surface area contributed by atoms with Crippen LogP contribution in [0.5, 0.6) is 0 Å². The minimum atomic E-state index is -3.54. The number of hydrogen-bond acceptors (Lipinski definition) is 5. The first-order chi connectivity index (χ1) is 14.8. The number of carbonyl (C=O) groups is 2. The van der Waals surface area contributed by atoms with Crippen LogP contribution in [-0.2, 0) is 14.8 Å². The van der Waals surface area contributed by atoms with Gasteiger partial charge in [0.25, 0.3) is 5.91 Å². The molecule has 8 nitrogen and oxygen atoms in total. The lowest BCUT2D eigenvalue weighted by Gasteiger charge is -2.29. The van der Waals surface area contributed by atoms with Crippen molar-refractivity contribution in [3.05, 3.63) is 60.2 Å². The highest BCUT2D eigenvalue weighted by molar-refractivity contribution is 7.89. The van der Waals surface area contributed by atoms with E-state index in [4.69, 9.17) is 4.74 Å². The van der Waals surface area contributed by atoms with Gasteiger partial charge >= 0.3 is 6.09 Å². The van der Waals surface area contributed by atoms with Gasteiger partial charge in [-0.05, 0) is 55.7 Å². The number of sulfonamides is 1. The Labute approximate surface area is 182 Å². The first kappa shape index (κ1) is 22.8. The zero-order valence-corrected chi connectivity index (χ0v) is 18.4. The summed E-state index contributed by atoms with van der Waals surface area (Å²) < 4.78 is 30.9. The molecular weight excluding hydrogens is 418 g/mol. The van der Waals surface area contributed by atoms with E-state index in [9.17, 15) is 18.0 Å². The Hall–Kier alpha value is -2.91. The molecule has 1 fully saturated rings. The van der Waals surface area contributed by atoms with Crippen LogP contribution in [0, 0.1) is 0 Å². The Balaban J connectivity index is 1.54. The van der Waals surface area contributed by atoms with Crippen molar-refractivity contribution in [3.8, 4) is 0 Å². The minimum absolute atomic E-state index is 0.124. The number of amides is 2. The van der Waals surface area contributed by atoms with Crippen LogP contribution in [-0.4, -0.2) is 51.0 Å². The van der Waals surface area contributed by atoms with Gasteiger partial charge in [-0.2, -0.15) is 0 Å². The normalized spacial score (nSPS) is 18.9. The van der Waals surface area contributed by atoms with Crippen molar-refractivity contribution in [1.82, 2.24) is 9.62 Å². The minimum Gasteiger partial charge on any atom is -0.446 e. The topological polar surface area (TPSA) is 105 Å². The molecule has 2 aromatic rings. The molecule has 0 saturated heterocycles. The molecule has 0 radical (unpaired) electrons. The number of carbonyl (C=O) groups excluding carboxylic acids is 2. The van der Waals surface area contributed by atoms with E-state index in [1.54, 1.807) is 12.1 Å². The Kier molecular flexibility index (Phi) is 7.29. The van der Waals surface area contributed by atoms with Gasteiger partial charge in [-0.1, -0.05) is 18.2 Å². The third-order valence-corrected chi connectivity index (χ3v) is 6.98.